The molecule has 1 heterocycles. The molecule has 2 aromatic carbocycles. The van der Waals surface area contributed by atoms with Crippen LogP contribution in [0.25, 0.3) is 6.08 Å². The van der Waals surface area contributed by atoms with Crippen molar-refractivity contribution in [2.45, 2.75) is 0 Å². The number of hydrogen-bond acceptors (Lipinski definition) is 6. The maximum absolute atomic E-state index is 12.9. The summed E-state index contributed by atoms with van der Waals surface area (Å²) in [7, 11) is 6.98. The normalized spacial score (nSPS) is 13.1. The summed E-state index contributed by atoms with van der Waals surface area (Å²) in [4.78, 5) is 14.8. The number of allylic oxidation sites excluding steroid dienone is 1. The van der Waals surface area contributed by atoms with Gasteiger partial charge < -0.3 is 23.8 Å². The minimum atomic E-state index is -0.139. The lowest BCUT2D eigenvalue weighted by molar-refractivity contribution is 0.104. The van der Waals surface area contributed by atoms with E-state index in [2.05, 4.69) is 15.9 Å². The van der Waals surface area contributed by atoms with Gasteiger partial charge in [0, 0.05) is 19.7 Å². The van der Waals surface area contributed by atoms with Gasteiger partial charge >= 0.3 is 0 Å². The Balaban J connectivity index is 1.93. The maximum atomic E-state index is 12.9. The van der Waals surface area contributed by atoms with E-state index in [1.54, 1.807) is 44.6 Å². The van der Waals surface area contributed by atoms with Crippen LogP contribution in [-0.4, -0.2) is 47.3 Å². The molecule has 0 N–H and O–H groups in total. The van der Waals surface area contributed by atoms with E-state index >= 15 is 0 Å². The van der Waals surface area contributed by atoms with Crippen LogP contribution in [0.2, 0.25) is 0 Å². The van der Waals surface area contributed by atoms with Gasteiger partial charge in [0.05, 0.1) is 24.4 Å². The summed E-state index contributed by atoms with van der Waals surface area (Å²) in [5, 5.41) is 0. The predicted octanol–water partition coefficient (Wildman–Crippen LogP) is 4.16. The highest BCUT2D eigenvalue weighted by atomic mass is 79.9. The second-order valence-corrected chi connectivity index (χ2v) is 7.20. The lowest BCUT2D eigenvalue weighted by Gasteiger charge is -2.21. The van der Waals surface area contributed by atoms with Crippen LogP contribution in [0, 0.1) is 0 Å². The molecule has 0 amide bonds. The van der Waals surface area contributed by atoms with Crippen molar-refractivity contribution >= 4 is 33.5 Å². The second-order valence-electron chi connectivity index (χ2n) is 6.35. The molecule has 0 spiro atoms. The van der Waals surface area contributed by atoms with Crippen molar-refractivity contribution in [2.24, 2.45) is 0 Å². The number of benzene rings is 2. The number of Topliss-reactive ketones (excluding diaryl/α,β-unsaturated/α-hetero) is 1. The van der Waals surface area contributed by atoms with Gasteiger partial charge in [0.2, 0.25) is 5.75 Å². The first-order chi connectivity index (χ1) is 13.4. The first kappa shape index (κ1) is 20.1. The van der Waals surface area contributed by atoms with Gasteiger partial charge in [-0.3, -0.25) is 4.79 Å². The number of carbonyl (C=O) groups is 1. The van der Waals surface area contributed by atoms with Crippen LogP contribution < -0.4 is 23.8 Å². The number of rotatable bonds is 6. The molecule has 148 valence electrons. The molecule has 1 aliphatic rings. The molecule has 7 heteroatoms. The number of nitrogens with zero attached hydrogens (tertiary/aromatic N) is 1. The van der Waals surface area contributed by atoms with Crippen LogP contribution in [-0.2, 0) is 0 Å². The summed E-state index contributed by atoms with van der Waals surface area (Å²) >= 11 is 3.41. The third-order valence-electron chi connectivity index (χ3n) is 4.28. The van der Waals surface area contributed by atoms with E-state index in [0.29, 0.717) is 46.3 Å². The van der Waals surface area contributed by atoms with Crippen molar-refractivity contribution in [3.05, 3.63) is 45.9 Å². The number of fused-ring (bicyclic) bond motifs is 1. The molecule has 0 unspecified atom stereocenters. The molecule has 1 aliphatic heterocycles. The zero-order valence-electron chi connectivity index (χ0n) is 16.2. The molecule has 0 saturated heterocycles. The molecule has 2 aromatic rings. The van der Waals surface area contributed by atoms with Gasteiger partial charge in [0.15, 0.2) is 17.3 Å². The Bertz CT molecular complexity index is 906. The van der Waals surface area contributed by atoms with E-state index in [0.717, 1.165) is 11.3 Å². The number of anilines is 1. The summed E-state index contributed by atoms with van der Waals surface area (Å²) in [6, 6.07) is 8.97. The highest BCUT2D eigenvalue weighted by Gasteiger charge is 2.19. The van der Waals surface area contributed by atoms with Crippen LogP contribution in [0.4, 0.5) is 5.69 Å². The lowest BCUT2D eigenvalue weighted by Crippen LogP contribution is -2.16. The smallest absolute Gasteiger partial charge is 0.203 e. The van der Waals surface area contributed by atoms with Crippen molar-refractivity contribution in [3.63, 3.8) is 0 Å². The SMILES string of the molecule is COc1ccc(C(=O)/C(Br)=C\c2cc(OC)c3c(c2)OCCO3)cc1N(C)C. The fourth-order valence-corrected chi connectivity index (χ4v) is 3.40. The standard InChI is InChI=1S/C21H22BrNO5/c1-23(2)16-12-14(5-6-17(16)25-3)20(24)15(22)9-13-10-18(26-4)21-19(11-13)27-7-8-28-21/h5-6,9-12H,7-8H2,1-4H3/b15-9+. The molecule has 0 bridgehead atoms. The van der Waals surface area contributed by atoms with Crippen molar-refractivity contribution in [2.75, 3.05) is 46.4 Å². The molecular formula is C21H22BrNO5. The van der Waals surface area contributed by atoms with Crippen molar-refractivity contribution < 1.29 is 23.7 Å². The zero-order chi connectivity index (χ0) is 20.3. The maximum Gasteiger partial charge on any atom is 0.203 e. The average molecular weight is 448 g/mol. The van der Waals surface area contributed by atoms with E-state index < -0.39 is 0 Å². The molecule has 0 aromatic heterocycles. The van der Waals surface area contributed by atoms with E-state index in [1.165, 1.54) is 0 Å². The Morgan fingerprint density at radius 2 is 1.79 bits per heavy atom. The van der Waals surface area contributed by atoms with E-state index in [-0.39, 0.29) is 5.78 Å². The van der Waals surface area contributed by atoms with Gasteiger partial charge in [-0.25, -0.2) is 0 Å². The van der Waals surface area contributed by atoms with E-state index in [1.807, 2.05) is 25.1 Å². The number of ketones is 1. The van der Waals surface area contributed by atoms with Crippen LogP contribution in [0.15, 0.2) is 34.8 Å². The summed E-state index contributed by atoms with van der Waals surface area (Å²) in [6.07, 6.45) is 1.74. The predicted molar refractivity (Wildman–Crippen MR) is 113 cm³/mol. The number of halogens is 1. The molecule has 0 atom stereocenters. The minimum absolute atomic E-state index is 0.139. The number of ether oxygens (including phenoxy) is 4. The van der Waals surface area contributed by atoms with Crippen molar-refractivity contribution in [3.8, 4) is 23.0 Å². The number of hydrogen-bond donors (Lipinski definition) is 0. The van der Waals surface area contributed by atoms with Gasteiger partial charge in [-0.1, -0.05) is 0 Å². The molecular weight excluding hydrogens is 426 g/mol. The minimum Gasteiger partial charge on any atom is -0.495 e. The molecule has 0 saturated carbocycles. The van der Waals surface area contributed by atoms with Gasteiger partial charge in [-0.15, -0.1) is 0 Å². The Hall–Kier alpha value is -2.67. The fourth-order valence-electron chi connectivity index (χ4n) is 2.91. The highest BCUT2D eigenvalue weighted by Crippen LogP contribution is 2.41. The topological polar surface area (TPSA) is 57.2 Å². The van der Waals surface area contributed by atoms with Gasteiger partial charge in [-0.2, -0.15) is 0 Å². The van der Waals surface area contributed by atoms with Crippen molar-refractivity contribution in [1.29, 1.82) is 0 Å². The molecule has 28 heavy (non-hydrogen) atoms. The van der Waals surface area contributed by atoms with Crippen molar-refractivity contribution in [1.82, 2.24) is 0 Å². The molecule has 6 nitrogen and oxygen atoms in total. The van der Waals surface area contributed by atoms with E-state index in [9.17, 15) is 4.79 Å². The Morgan fingerprint density at radius 3 is 2.46 bits per heavy atom. The van der Waals surface area contributed by atoms with Crippen LogP contribution in [0.3, 0.4) is 0 Å². The Kier molecular flexibility index (Phi) is 6.14. The lowest BCUT2D eigenvalue weighted by atomic mass is 10.1. The largest absolute Gasteiger partial charge is 0.495 e. The second kappa shape index (κ2) is 8.56. The Morgan fingerprint density at radius 1 is 1.07 bits per heavy atom. The summed E-state index contributed by atoms with van der Waals surface area (Å²) < 4.78 is 22.4. The third kappa shape index (κ3) is 4.09. The molecule has 3 rings (SSSR count). The third-order valence-corrected chi connectivity index (χ3v) is 4.87. The number of methoxy groups -OCH3 is 2. The van der Waals surface area contributed by atoms with E-state index in [4.69, 9.17) is 18.9 Å². The van der Waals surface area contributed by atoms with Crippen LogP contribution in [0.1, 0.15) is 15.9 Å². The molecule has 0 fully saturated rings. The first-order valence-corrected chi connectivity index (χ1v) is 9.48. The molecule has 0 radical (unpaired) electrons. The fraction of sp³-hybridized carbons (Fsp3) is 0.286. The van der Waals surface area contributed by atoms with Gasteiger partial charge in [-0.05, 0) is 57.9 Å². The summed E-state index contributed by atoms with van der Waals surface area (Å²) in [5.41, 5.74) is 2.15. The number of carbonyl (C=O) groups excluding carboxylic acids is 1. The first-order valence-electron chi connectivity index (χ1n) is 8.69. The summed E-state index contributed by atoms with van der Waals surface area (Å²) in [5.74, 6) is 2.32. The highest BCUT2D eigenvalue weighted by molar-refractivity contribution is 9.12. The quantitative estimate of drug-likeness (QED) is 0.489. The summed E-state index contributed by atoms with van der Waals surface area (Å²) in [6.45, 7) is 0.953. The van der Waals surface area contributed by atoms with Gasteiger partial charge in [0.25, 0.3) is 0 Å². The zero-order valence-corrected chi connectivity index (χ0v) is 17.8. The Labute approximate surface area is 172 Å². The van der Waals surface area contributed by atoms with Crippen LogP contribution in [0.5, 0.6) is 23.0 Å². The van der Waals surface area contributed by atoms with Gasteiger partial charge in [0.1, 0.15) is 19.0 Å². The monoisotopic (exact) mass is 447 g/mol. The van der Waals surface area contributed by atoms with Crippen LogP contribution >= 0.6 is 15.9 Å². The molecule has 0 aliphatic carbocycles. The average Bonchev–Trinajstić information content (AvgIpc) is 2.71.